The second-order valence-corrected chi connectivity index (χ2v) is 9.26. The van der Waals surface area contributed by atoms with Crippen LogP contribution in [-0.2, 0) is 0 Å². The van der Waals surface area contributed by atoms with Crippen LogP contribution in [0.25, 0.3) is 16.6 Å². The van der Waals surface area contributed by atoms with E-state index in [0.717, 1.165) is 43.1 Å². The lowest BCUT2D eigenvalue weighted by Crippen LogP contribution is -2.53. The molecule has 1 fully saturated rings. The molecule has 3 aromatic rings. The van der Waals surface area contributed by atoms with E-state index in [1.54, 1.807) is 23.8 Å². The molecule has 1 N–H and O–H groups in total. The van der Waals surface area contributed by atoms with Crippen molar-refractivity contribution in [2.24, 2.45) is 0 Å². The largest absolute Gasteiger partial charge is 0.489 e. The first-order chi connectivity index (χ1) is 15.3. The van der Waals surface area contributed by atoms with Gasteiger partial charge in [-0.3, -0.25) is 4.90 Å². The van der Waals surface area contributed by atoms with Crippen molar-refractivity contribution in [1.29, 1.82) is 5.26 Å². The predicted octanol–water partition coefficient (Wildman–Crippen LogP) is 2.95. The van der Waals surface area contributed by atoms with Crippen molar-refractivity contribution in [1.82, 2.24) is 19.5 Å². The third-order valence-corrected chi connectivity index (χ3v) is 5.81. The van der Waals surface area contributed by atoms with Crippen molar-refractivity contribution in [3.63, 3.8) is 0 Å². The average molecular weight is 435 g/mol. The highest BCUT2D eigenvalue weighted by Crippen LogP contribution is 2.31. The lowest BCUT2D eigenvalue weighted by Gasteiger charge is -2.42. The van der Waals surface area contributed by atoms with Crippen LogP contribution in [-0.4, -0.2) is 69.0 Å². The molecule has 32 heavy (non-hydrogen) atoms. The Bertz CT molecular complexity index is 1120. The number of anilines is 1. The quantitative estimate of drug-likeness (QED) is 0.660. The van der Waals surface area contributed by atoms with Crippen LogP contribution in [0.4, 0.5) is 5.82 Å². The Hall–Kier alpha value is -3.15. The van der Waals surface area contributed by atoms with Gasteiger partial charge >= 0.3 is 0 Å². The van der Waals surface area contributed by atoms with E-state index < -0.39 is 6.10 Å². The number of aliphatic hydroxyl groups excluding tert-OH is 1. The van der Waals surface area contributed by atoms with Crippen LogP contribution < -0.4 is 9.64 Å². The van der Waals surface area contributed by atoms with Gasteiger partial charge in [0.2, 0.25) is 0 Å². The van der Waals surface area contributed by atoms with Gasteiger partial charge in [0.15, 0.2) is 0 Å². The molecule has 3 aromatic heterocycles. The summed E-state index contributed by atoms with van der Waals surface area (Å²) in [5, 5.41) is 23.4. The highest BCUT2D eigenvalue weighted by molar-refractivity contribution is 5.85. The maximum absolute atomic E-state index is 9.56. The summed E-state index contributed by atoms with van der Waals surface area (Å²) in [6, 6.07) is 8.15. The Morgan fingerprint density at radius 3 is 2.53 bits per heavy atom. The Labute approximate surface area is 188 Å². The molecule has 168 valence electrons. The van der Waals surface area contributed by atoms with E-state index in [9.17, 15) is 10.4 Å². The zero-order valence-corrected chi connectivity index (χ0v) is 19.1. The third-order valence-electron chi connectivity index (χ3n) is 5.81. The number of rotatable bonds is 5. The highest BCUT2D eigenvalue weighted by Gasteiger charge is 2.26. The lowest BCUT2D eigenvalue weighted by molar-refractivity contribution is 0.122. The number of hydrogen-bond acceptors (Lipinski definition) is 7. The molecular weight excluding hydrogens is 404 g/mol. The van der Waals surface area contributed by atoms with E-state index in [4.69, 9.17) is 9.72 Å². The number of nitriles is 1. The van der Waals surface area contributed by atoms with E-state index in [1.165, 1.54) is 0 Å². The van der Waals surface area contributed by atoms with Crippen LogP contribution in [0.1, 0.15) is 33.3 Å². The van der Waals surface area contributed by atoms with Crippen LogP contribution in [0.5, 0.6) is 5.75 Å². The number of piperazine rings is 1. The Morgan fingerprint density at radius 1 is 1.19 bits per heavy atom. The van der Waals surface area contributed by atoms with E-state index in [1.807, 2.05) is 24.4 Å². The van der Waals surface area contributed by atoms with Crippen molar-refractivity contribution in [3.8, 4) is 22.9 Å². The van der Waals surface area contributed by atoms with Crippen molar-refractivity contribution in [2.45, 2.75) is 39.3 Å². The predicted molar refractivity (Wildman–Crippen MR) is 124 cm³/mol. The van der Waals surface area contributed by atoms with Crippen LogP contribution in [0.2, 0.25) is 0 Å². The Balaban J connectivity index is 1.61. The summed E-state index contributed by atoms with van der Waals surface area (Å²) in [4.78, 5) is 9.54. The number of aromatic nitrogens is 3. The molecule has 0 bridgehead atoms. The zero-order chi connectivity index (χ0) is 22.9. The van der Waals surface area contributed by atoms with Gasteiger partial charge in [0.05, 0.1) is 29.6 Å². The van der Waals surface area contributed by atoms with Crippen LogP contribution in [0.15, 0.2) is 36.8 Å². The van der Waals surface area contributed by atoms with Crippen LogP contribution >= 0.6 is 0 Å². The van der Waals surface area contributed by atoms with Gasteiger partial charge in [-0.1, -0.05) is 0 Å². The second-order valence-electron chi connectivity index (χ2n) is 9.26. The molecule has 8 heteroatoms. The summed E-state index contributed by atoms with van der Waals surface area (Å²) in [6.45, 7) is 12.5. The second kappa shape index (κ2) is 8.77. The van der Waals surface area contributed by atoms with E-state index in [2.05, 4.69) is 41.7 Å². The Kier molecular flexibility index (Phi) is 6.04. The van der Waals surface area contributed by atoms with Gasteiger partial charge < -0.3 is 14.7 Å². The topological polar surface area (TPSA) is 89.9 Å². The average Bonchev–Trinajstić information content (AvgIpc) is 3.20. The number of ether oxygens (including phenoxy) is 1. The molecular formula is C24H30N6O2. The molecule has 1 aliphatic rings. The maximum Gasteiger partial charge on any atom is 0.138 e. The van der Waals surface area contributed by atoms with E-state index >= 15 is 0 Å². The molecule has 4 rings (SSSR count). The fourth-order valence-corrected chi connectivity index (χ4v) is 4.03. The summed E-state index contributed by atoms with van der Waals surface area (Å²) in [5.74, 6) is 1.53. The standard InChI is InChI=1S/C24H30N6O2/c1-17(31)16-32-20-11-21(23-19(12-25)14-27-30(23)15-20)18-5-6-22(26-13-18)28-7-9-29(10-8-28)24(2,3)4/h5-6,11,13-15,17,31H,7-10,16H2,1-4H3/t17-/m1/s1. The molecule has 0 unspecified atom stereocenters. The van der Waals surface area contributed by atoms with Gasteiger partial charge in [-0.25, -0.2) is 9.50 Å². The summed E-state index contributed by atoms with van der Waals surface area (Å²) in [5.41, 5.74) is 3.08. The molecule has 0 saturated carbocycles. The minimum Gasteiger partial charge on any atom is -0.489 e. The maximum atomic E-state index is 9.56. The lowest BCUT2D eigenvalue weighted by atomic mass is 10.0. The van der Waals surface area contributed by atoms with Crippen molar-refractivity contribution in [2.75, 3.05) is 37.7 Å². The van der Waals surface area contributed by atoms with Gasteiger partial charge in [0.1, 0.15) is 24.2 Å². The van der Waals surface area contributed by atoms with Crippen molar-refractivity contribution >= 4 is 11.3 Å². The minimum atomic E-state index is -0.582. The molecule has 4 heterocycles. The minimum absolute atomic E-state index is 0.176. The molecule has 0 radical (unpaired) electrons. The summed E-state index contributed by atoms with van der Waals surface area (Å²) < 4.78 is 7.35. The number of nitrogens with zero attached hydrogens (tertiary/aromatic N) is 6. The van der Waals surface area contributed by atoms with E-state index in [-0.39, 0.29) is 12.1 Å². The summed E-state index contributed by atoms with van der Waals surface area (Å²) >= 11 is 0. The van der Waals surface area contributed by atoms with Gasteiger partial charge in [0.25, 0.3) is 0 Å². The normalized spacial score (nSPS) is 16.2. The van der Waals surface area contributed by atoms with Crippen molar-refractivity contribution in [3.05, 3.63) is 42.4 Å². The van der Waals surface area contributed by atoms with Gasteiger partial charge in [-0.2, -0.15) is 10.4 Å². The smallest absolute Gasteiger partial charge is 0.138 e. The molecule has 0 amide bonds. The third kappa shape index (κ3) is 4.54. The number of aliphatic hydroxyl groups is 1. The monoisotopic (exact) mass is 434 g/mol. The zero-order valence-electron chi connectivity index (χ0n) is 19.1. The van der Waals surface area contributed by atoms with E-state index in [0.29, 0.717) is 16.8 Å². The van der Waals surface area contributed by atoms with Crippen LogP contribution in [0, 0.1) is 11.3 Å². The molecule has 0 aliphatic carbocycles. The number of fused-ring (bicyclic) bond motifs is 1. The Morgan fingerprint density at radius 2 is 1.94 bits per heavy atom. The van der Waals surface area contributed by atoms with Crippen LogP contribution in [0.3, 0.4) is 0 Å². The molecule has 0 spiro atoms. The first-order valence-electron chi connectivity index (χ1n) is 10.9. The van der Waals surface area contributed by atoms with Gasteiger partial charge in [0, 0.05) is 49.0 Å². The molecule has 0 aromatic carbocycles. The highest BCUT2D eigenvalue weighted by atomic mass is 16.5. The molecule has 1 aliphatic heterocycles. The summed E-state index contributed by atoms with van der Waals surface area (Å²) in [6.07, 6.45) is 4.53. The molecule has 1 saturated heterocycles. The first kappa shape index (κ1) is 22.1. The fourth-order valence-electron chi connectivity index (χ4n) is 4.03. The van der Waals surface area contributed by atoms with Gasteiger partial charge in [-0.15, -0.1) is 0 Å². The first-order valence-corrected chi connectivity index (χ1v) is 10.9. The SMILES string of the molecule is C[C@@H](O)COc1cc(-c2ccc(N3CCN(C(C)(C)C)CC3)nc2)c2c(C#N)cnn2c1. The fraction of sp³-hybridized carbons (Fsp3) is 0.458. The summed E-state index contributed by atoms with van der Waals surface area (Å²) in [7, 11) is 0. The van der Waals surface area contributed by atoms with Crippen molar-refractivity contribution < 1.29 is 9.84 Å². The number of pyridine rings is 2. The van der Waals surface area contributed by atoms with Gasteiger partial charge in [-0.05, 0) is 45.9 Å². The number of hydrogen-bond donors (Lipinski definition) is 1. The molecule has 8 nitrogen and oxygen atoms in total. The molecule has 1 atom stereocenters.